The highest BCUT2D eigenvalue weighted by Crippen LogP contribution is 2.35. The third kappa shape index (κ3) is 7.42. The highest BCUT2D eigenvalue weighted by molar-refractivity contribution is 5.67. The molecule has 5 heterocycles. The van der Waals surface area contributed by atoms with Gasteiger partial charge >= 0.3 is 0 Å². The maximum absolute atomic E-state index is 9.66. The minimum absolute atomic E-state index is 0.222. The minimum atomic E-state index is -0.274. The summed E-state index contributed by atoms with van der Waals surface area (Å²) in [5.74, 6) is 1.32. The van der Waals surface area contributed by atoms with Gasteiger partial charge in [0.15, 0.2) is 6.73 Å². The van der Waals surface area contributed by atoms with E-state index in [1.54, 1.807) is 34.0 Å². The second kappa shape index (κ2) is 14.6. The van der Waals surface area contributed by atoms with E-state index >= 15 is 0 Å². The molecule has 1 aliphatic heterocycles. The van der Waals surface area contributed by atoms with Gasteiger partial charge in [-0.15, -0.1) is 10.2 Å². The number of anilines is 2. The molecule has 1 N–H and O–H groups in total. The van der Waals surface area contributed by atoms with Gasteiger partial charge in [-0.1, -0.05) is 6.07 Å². The molecule has 48 heavy (non-hydrogen) atoms. The molecule has 0 amide bonds. The fraction of sp³-hybridized carbons (Fsp3) is 0.438. The number of benzene rings is 1. The topological polar surface area (TPSA) is 172 Å². The molecule has 2 aliphatic rings. The van der Waals surface area contributed by atoms with Crippen molar-refractivity contribution in [2.45, 2.75) is 64.1 Å². The highest BCUT2D eigenvalue weighted by Gasteiger charge is 2.29. The van der Waals surface area contributed by atoms with Gasteiger partial charge in [0.2, 0.25) is 5.95 Å². The van der Waals surface area contributed by atoms with Gasteiger partial charge in [0.05, 0.1) is 37.6 Å². The monoisotopic (exact) mass is 651 g/mol. The Balaban J connectivity index is 1.05. The van der Waals surface area contributed by atoms with E-state index in [2.05, 4.69) is 46.9 Å². The Kier molecular flexibility index (Phi) is 9.48. The molecule has 248 valence electrons. The quantitative estimate of drug-likeness (QED) is 0.208. The first-order valence-electron chi connectivity index (χ1n) is 16.1. The Bertz CT molecular complexity index is 1790. The zero-order valence-corrected chi connectivity index (χ0v) is 26.7. The van der Waals surface area contributed by atoms with Gasteiger partial charge in [-0.3, -0.25) is 9.58 Å². The van der Waals surface area contributed by atoms with Crippen molar-refractivity contribution in [3.63, 3.8) is 0 Å². The van der Waals surface area contributed by atoms with E-state index < -0.39 is 0 Å². The van der Waals surface area contributed by atoms with Gasteiger partial charge in [0.1, 0.15) is 29.9 Å². The Morgan fingerprint density at radius 3 is 2.60 bits per heavy atom. The SMILES string of the molecule is C[C@@H](Cn1cnnn1)Oc1cc(-c2cnc(Nc3cn([C@H]4CC[C@H](N5CCOCC5)CC4)nc3OCn3cccn3)nc2)ccc1C#N. The first-order valence-corrected chi connectivity index (χ1v) is 16.1. The number of rotatable bonds is 12. The molecule has 1 saturated carbocycles. The van der Waals surface area contributed by atoms with Crippen molar-refractivity contribution < 1.29 is 14.2 Å². The zero-order chi connectivity index (χ0) is 32.7. The molecule has 1 saturated heterocycles. The number of ether oxygens (including phenoxy) is 3. The average Bonchev–Trinajstić information content (AvgIpc) is 3.92. The summed E-state index contributed by atoms with van der Waals surface area (Å²) in [6.07, 6.45) is 14.6. The predicted octanol–water partition coefficient (Wildman–Crippen LogP) is 3.46. The normalized spacial score (nSPS) is 19.0. The summed E-state index contributed by atoms with van der Waals surface area (Å²) in [5, 5.41) is 33.3. The molecule has 7 rings (SSSR count). The summed E-state index contributed by atoms with van der Waals surface area (Å²) >= 11 is 0. The number of nitrogens with one attached hydrogen (secondary N) is 1. The number of nitrogens with zero attached hydrogens (tertiary/aromatic N) is 12. The van der Waals surface area contributed by atoms with Crippen molar-refractivity contribution in [3.8, 4) is 28.8 Å². The van der Waals surface area contributed by atoms with Crippen molar-refractivity contribution in [2.24, 2.45) is 0 Å². The fourth-order valence-corrected chi connectivity index (χ4v) is 6.22. The molecule has 2 fully saturated rings. The summed E-state index contributed by atoms with van der Waals surface area (Å²) in [5.41, 5.74) is 2.69. The van der Waals surface area contributed by atoms with E-state index in [-0.39, 0.29) is 18.9 Å². The van der Waals surface area contributed by atoms with Crippen LogP contribution in [0.2, 0.25) is 0 Å². The molecular weight excluding hydrogens is 614 g/mol. The first-order chi connectivity index (χ1) is 23.6. The van der Waals surface area contributed by atoms with Crippen LogP contribution in [-0.2, 0) is 18.0 Å². The number of hydrogen-bond donors (Lipinski definition) is 1. The van der Waals surface area contributed by atoms with Gasteiger partial charge in [0, 0.05) is 49.5 Å². The lowest BCUT2D eigenvalue weighted by Crippen LogP contribution is -2.45. The summed E-state index contributed by atoms with van der Waals surface area (Å²) in [4.78, 5) is 11.7. The van der Waals surface area contributed by atoms with Crippen LogP contribution < -0.4 is 14.8 Å². The lowest BCUT2D eigenvalue weighted by atomic mass is 9.90. The molecule has 16 nitrogen and oxygen atoms in total. The van der Waals surface area contributed by atoms with E-state index in [1.807, 2.05) is 42.2 Å². The maximum atomic E-state index is 9.66. The van der Waals surface area contributed by atoms with E-state index in [0.29, 0.717) is 41.4 Å². The largest absolute Gasteiger partial charge is 0.487 e. The summed E-state index contributed by atoms with van der Waals surface area (Å²) < 4.78 is 23.1. The third-order valence-electron chi connectivity index (χ3n) is 8.69. The first kappa shape index (κ1) is 31.2. The van der Waals surface area contributed by atoms with Crippen LogP contribution in [0.4, 0.5) is 11.6 Å². The molecule has 1 aliphatic carbocycles. The van der Waals surface area contributed by atoms with Crippen LogP contribution in [0.15, 0.2) is 61.6 Å². The number of morpholine rings is 1. The highest BCUT2D eigenvalue weighted by atomic mass is 16.5. The van der Waals surface area contributed by atoms with Crippen molar-refractivity contribution in [1.29, 1.82) is 5.26 Å². The smallest absolute Gasteiger partial charge is 0.258 e. The number of nitriles is 1. The van der Waals surface area contributed by atoms with Crippen LogP contribution >= 0.6 is 0 Å². The molecule has 0 radical (unpaired) electrons. The Morgan fingerprint density at radius 2 is 1.88 bits per heavy atom. The van der Waals surface area contributed by atoms with Crippen LogP contribution in [0.1, 0.15) is 44.2 Å². The van der Waals surface area contributed by atoms with Crippen molar-refractivity contribution in [3.05, 3.63) is 67.1 Å². The number of hydrogen-bond acceptors (Lipinski definition) is 13. The molecule has 4 aromatic heterocycles. The molecule has 0 unspecified atom stereocenters. The van der Waals surface area contributed by atoms with E-state index in [4.69, 9.17) is 19.3 Å². The lowest BCUT2D eigenvalue weighted by Gasteiger charge is -2.38. The molecular formula is C32H37N13O3. The predicted molar refractivity (Wildman–Crippen MR) is 172 cm³/mol. The van der Waals surface area contributed by atoms with Crippen LogP contribution in [-0.4, -0.2) is 93.1 Å². The zero-order valence-electron chi connectivity index (χ0n) is 26.7. The number of tetrazole rings is 1. The molecule has 1 aromatic carbocycles. The van der Waals surface area contributed by atoms with Crippen LogP contribution in [0.3, 0.4) is 0 Å². The molecule has 5 aromatic rings. The Labute approximate surface area is 277 Å². The second-order valence-electron chi connectivity index (χ2n) is 12.0. The fourth-order valence-electron chi connectivity index (χ4n) is 6.22. The van der Waals surface area contributed by atoms with Crippen LogP contribution in [0.5, 0.6) is 11.6 Å². The van der Waals surface area contributed by atoms with E-state index in [1.165, 1.54) is 6.33 Å². The second-order valence-corrected chi connectivity index (χ2v) is 12.0. The minimum Gasteiger partial charge on any atom is -0.487 e. The van der Waals surface area contributed by atoms with Gasteiger partial charge in [-0.25, -0.2) is 19.3 Å². The maximum Gasteiger partial charge on any atom is 0.258 e. The van der Waals surface area contributed by atoms with Crippen LogP contribution in [0, 0.1) is 11.3 Å². The summed E-state index contributed by atoms with van der Waals surface area (Å²) in [6, 6.07) is 10.3. The molecule has 1 atom stereocenters. The standard InChI is InChI=1S/C32H37N13O3/c1-23(19-44-21-36-40-41-44)48-30-15-24(3-4-25(30)16-33)26-17-34-32(35-18-26)38-29-20-45(39-31(29)47-22-43-10-2-9-37-43)28-7-5-27(6-8-28)42-11-13-46-14-12-42/h2-4,9-10,15,17-18,20-21,23,27-28H,5-8,11-14,19,22H2,1H3,(H,34,35,38)/t23-,27-,28-/m0/s1. The Morgan fingerprint density at radius 1 is 1.06 bits per heavy atom. The Hall–Kier alpha value is -5.40. The van der Waals surface area contributed by atoms with Gasteiger partial charge in [-0.2, -0.15) is 10.4 Å². The number of aromatic nitrogens is 10. The van der Waals surface area contributed by atoms with Crippen LogP contribution in [0.25, 0.3) is 11.1 Å². The van der Waals surface area contributed by atoms with E-state index in [0.717, 1.165) is 63.1 Å². The summed E-state index contributed by atoms with van der Waals surface area (Å²) in [6.45, 7) is 6.21. The van der Waals surface area contributed by atoms with Crippen molar-refractivity contribution >= 4 is 11.6 Å². The third-order valence-corrected chi connectivity index (χ3v) is 8.69. The lowest BCUT2D eigenvalue weighted by molar-refractivity contribution is 0.00501. The van der Waals surface area contributed by atoms with Crippen molar-refractivity contribution in [2.75, 3.05) is 31.6 Å². The molecule has 0 bridgehead atoms. The summed E-state index contributed by atoms with van der Waals surface area (Å²) in [7, 11) is 0. The van der Waals surface area contributed by atoms with Crippen molar-refractivity contribution in [1.82, 2.24) is 54.6 Å². The molecule has 0 spiro atoms. The van der Waals surface area contributed by atoms with Gasteiger partial charge < -0.3 is 19.5 Å². The average molecular weight is 652 g/mol. The van der Waals surface area contributed by atoms with Gasteiger partial charge in [-0.05, 0) is 66.8 Å². The molecule has 16 heteroatoms. The van der Waals surface area contributed by atoms with Gasteiger partial charge in [0.25, 0.3) is 5.88 Å². The van der Waals surface area contributed by atoms with E-state index in [9.17, 15) is 5.26 Å².